The fraction of sp³-hybridized carbons (Fsp3) is 0.0526. The molecule has 1 saturated heterocycles. The van der Waals surface area contributed by atoms with Crippen LogP contribution in [-0.4, -0.2) is 16.8 Å². The smallest absolute Gasteiger partial charge is 0.270 e. The van der Waals surface area contributed by atoms with Crippen molar-refractivity contribution >= 4 is 46.0 Å². The van der Waals surface area contributed by atoms with Gasteiger partial charge in [0.05, 0.1) is 10.6 Å². The fourth-order valence-corrected chi connectivity index (χ4v) is 3.53. The molecule has 0 aromatic heterocycles. The van der Waals surface area contributed by atoms with Crippen molar-refractivity contribution < 1.29 is 9.53 Å². The molecule has 0 spiro atoms. The highest BCUT2D eigenvalue weighted by Crippen LogP contribution is 2.35. The van der Waals surface area contributed by atoms with Crippen molar-refractivity contribution in [2.45, 2.75) is 0 Å². The maximum absolute atomic E-state index is 12.6. The molecule has 3 nitrogen and oxygen atoms in total. The second-order valence-corrected chi connectivity index (χ2v) is 6.70. The van der Waals surface area contributed by atoms with E-state index in [4.69, 9.17) is 17.0 Å². The van der Waals surface area contributed by atoms with Gasteiger partial charge in [-0.15, -0.1) is 0 Å². The Morgan fingerprint density at radius 3 is 2.50 bits per heavy atom. The van der Waals surface area contributed by atoms with Crippen LogP contribution in [0, 0.1) is 0 Å². The molecule has 120 valence electrons. The molecule has 2 aromatic rings. The molecule has 1 fully saturated rings. The molecule has 0 aliphatic carbocycles. The Morgan fingerprint density at radius 1 is 1.12 bits per heavy atom. The number of carbonyl (C=O) groups is 1. The lowest BCUT2D eigenvalue weighted by molar-refractivity contribution is -0.113. The number of hydrogen-bond acceptors (Lipinski definition) is 4. The summed E-state index contributed by atoms with van der Waals surface area (Å²) in [4.78, 5) is 14.8. The summed E-state index contributed by atoms with van der Waals surface area (Å²) < 4.78 is 6.00. The zero-order valence-electron chi connectivity index (χ0n) is 12.8. The highest BCUT2D eigenvalue weighted by atomic mass is 32.2. The largest absolute Gasteiger partial charge is 0.490 e. The number of amides is 1. The summed E-state index contributed by atoms with van der Waals surface area (Å²) in [5.41, 5.74) is 1.71. The highest BCUT2D eigenvalue weighted by molar-refractivity contribution is 8.27. The molecule has 2 aromatic carbocycles. The minimum Gasteiger partial charge on any atom is -0.490 e. The van der Waals surface area contributed by atoms with E-state index >= 15 is 0 Å². The number of carbonyl (C=O) groups excluding carboxylic acids is 1. The van der Waals surface area contributed by atoms with Gasteiger partial charge in [-0.25, -0.2) is 0 Å². The van der Waals surface area contributed by atoms with Gasteiger partial charge in [0, 0.05) is 0 Å². The molecule has 0 bridgehead atoms. The van der Waals surface area contributed by atoms with Crippen molar-refractivity contribution in [2.24, 2.45) is 0 Å². The standard InChI is InChI=1S/C19H15NO2S2/c1-2-12-22-16-10-8-14(9-11-16)13-17-18(21)20(19(23)24-17)15-6-4-3-5-7-15/h2-11,13H,1,12H2/b17-13+. The van der Waals surface area contributed by atoms with Crippen LogP contribution in [0.4, 0.5) is 5.69 Å². The monoisotopic (exact) mass is 353 g/mol. The van der Waals surface area contributed by atoms with Crippen molar-refractivity contribution in [2.75, 3.05) is 11.5 Å². The fourth-order valence-electron chi connectivity index (χ4n) is 2.23. The van der Waals surface area contributed by atoms with Crippen molar-refractivity contribution in [3.8, 4) is 5.75 Å². The SMILES string of the molecule is C=CCOc1ccc(/C=C2/SC(=S)N(c3ccccc3)C2=O)cc1. The number of ether oxygens (including phenoxy) is 1. The van der Waals surface area contributed by atoms with Gasteiger partial charge in [-0.1, -0.05) is 67.0 Å². The summed E-state index contributed by atoms with van der Waals surface area (Å²) in [5, 5.41) is 0. The predicted octanol–water partition coefficient (Wildman–Crippen LogP) is 4.66. The molecule has 24 heavy (non-hydrogen) atoms. The second-order valence-electron chi connectivity index (χ2n) is 5.02. The van der Waals surface area contributed by atoms with Crippen molar-refractivity contribution in [1.29, 1.82) is 0 Å². The molecule has 0 N–H and O–H groups in total. The van der Waals surface area contributed by atoms with Gasteiger partial charge in [0.25, 0.3) is 5.91 Å². The number of thioether (sulfide) groups is 1. The van der Waals surface area contributed by atoms with Crippen LogP contribution in [0.3, 0.4) is 0 Å². The van der Waals surface area contributed by atoms with Crippen LogP contribution >= 0.6 is 24.0 Å². The Morgan fingerprint density at radius 2 is 1.83 bits per heavy atom. The third-order valence-corrected chi connectivity index (χ3v) is 4.66. The molecule has 0 atom stereocenters. The van der Waals surface area contributed by atoms with Crippen LogP contribution in [0.2, 0.25) is 0 Å². The summed E-state index contributed by atoms with van der Waals surface area (Å²) >= 11 is 6.67. The molecule has 0 radical (unpaired) electrons. The van der Waals surface area contributed by atoms with Crippen LogP contribution in [0.15, 0.2) is 72.2 Å². The molecule has 0 unspecified atom stereocenters. The Hall–Kier alpha value is -2.37. The summed E-state index contributed by atoms with van der Waals surface area (Å²) in [7, 11) is 0. The molecular formula is C19H15NO2S2. The summed E-state index contributed by atoms with van der Waals surface area (Å²) in [6.07, 6.45) is 3.54. The Labute approximate surface area is 150 Å². The second kappa shape index (κ2) is 7.47. The first-order chi connectivity index (χ1) is 11.7. The maximum atomic E-state index is 12.6. The van der Waals surface area contributed by atoms with Gasteiger partial charge in [0.15, 0.2) is 4.32 Å². The van der Waals surface area contributed by atoms with Crippen molar-refractivity contribution in [1.82, 2.24) is 0 Å². The summed E-state index contributed by atoms with van der Waals surface area (Å²) in [6.45, 7) is 4.09. The van der Waals surface area contributed by atoms with E-state index in [1.165, 1.54) is 11.8 Å². The number of thiocarbonyl (C=S) groups is 1. The number of hydrogen-bond donors (Lipinski definition) is 0. The zero-order chi connectivity index (χ0) is 16.9. The first-order valence-electron chi connectivity index (χ1n) is 7.36. The maximum Gasteiger partial charge on any atom is 0.270 e. The number of para-hydroxylation sites is 1. The number of nitrogens with zero attached hydrogens (tertiary/aromatic N) is 1. The molecular weight excluding hydrogens is 338 g/mol. The number of anilines is 1. The first-order valence-corrected chi connectivity index (χ1v) is 8.58. The minimum absolute atomic E-state index is 0.0943. The predicted molar refractivity (Wildman–Crippen MR) is 104 cm³/mol. The normalized spacial score (nSPS) is 15.8. The topological polar surface area (TPSA) is 29.5 Å². The third kappa shape index (κ3) is 3.58. The molecule has 1 aliphatic rings. The Bertz CT molecular complexity index is 798. The first kappa shape index (κ1) is 16.5. The summed E-state index contributed by atoms with van der Waals surface area (Å²) in [6, 6.07) is 17.0. The lowest BCUT2D eigenvalue weighted by Gasteiger charge is -2.13. The van der Waals surface area contributed by atoms with E-state index < -0.39 is 0 Å². The van der Waals surface area contributed by atoms with Gasteiger partial charge >= 0.3 is 0 Å². The van der Waals surface area contributed by atoms with Crippen molar-refractivity contribution in [3.63, 3.8) is 0 Å². The zero-order valence-corrected chi connectivity index (χ0v) is 14.5. The van der Waals surface area contributed by atoms with Gasteiger partial charge in [-0.2, -0.15) is 0 Å². The van der Waals surface area contributed by atoms with E-state index in [1.54, 1.807) is 11.0 Å². The van der Waals surface area contributed by atoms with Crippen LogP contribution in [0.5, 0.6) is 5.75 Å². The quantitative estimate of drug-likeness (QED) is 0.444. The molecule has 1 heterocycles. The third-order valence-electron chi connectivity index (χ3n) is 3.35. The van der Waals surface area contributed by atoms with Gasteiger partial charge in [0.1, 0.15) is 12.4 Å². The Kier molecular flexibility index (Phi) is 5.13. The van der Waals surface area contributed by atoms with E-state index in [-0.39, 0.29) is 5.91 Å². The molecule has 1 aliphatic heterocycles. The van der Waals surface area contributed by atoms with Crippen LogP contribution in [0.25, 0.3) is 6.08 Å². The molecule has 0 saturated carbocycles. The molecule has 1 amide bonds. The lowest BCUT2D eigenvalue weighted by Crippen LogP contribution is -2.27. The highest BCUT2D eigenvalue weighted by Gasteiger charge is 2.33. The van der Waals surface area contributed by atoms with Crippen LogP contribution < -0.4 is 9.64 Å². The minimum atomic E-state index is -0.0943. The van der Waals surface area contributed by atoms with E-state index in [0.29, 0.717) is 15.8 Å². The van der Waals surface area contributed by atoms with Gasteiger partial charge < -0.3 is 4.74 Å². The molecule has 3 rings (SSSR count). The molecule has 5 heteroatoms. The van der Waals surface area contributed by atoms with E-state index in [0.717, 1.165) is 17.0 Å². The van der Waals surface area contributed by atoms with Crippen LogP contribution in [0.1, 0.15) is 5.56 Å². The summed E-state index contributed by atoms with van der Waals surface area (Å²) in [5.74, 6) is 0.673. The number of rotatable bonds is 5. The lowest BCUT2D eigenvalue weighted by atomic mass is 10.2. The average Bonchev–Trinajstić information content (AvgIpc) is 2.88. The van der Waals surface area contributed by atoms with Gasteiger partial charge in [0.2, 0.25) is 0 Å². The van der Waals surface area contributed by atoms with E-state index in [1.807, 2.05) is 60.7 Å². The number of benzene rings is 2. The van der Waals surface area contributed by atoms with Gasteiger partial charge in [-0.3, -0.25) is 9.69 Å². The average molecular weight is 353 g/mol. The van der Waals surface area contributed by atoms with Crippen LogP contribution in [-0.2, 0) is 4.79 Å². The van der Waals surface area contributed by atoms with E-state index in [2.05, 4.69) is 6.58 Å². The Balaban J connectivity index is 1.80. The van der Waals surface area contributed by atoms with E-state index in [9.17, 15) is 4.79 Å². The van der Waals surface area contributed by atoms with Gasteiger partial charge in [-0.05, 0) is 35.9 Å². The van der Waals surface area contributed by atoms with Crippen molar-refractivity contribution in [3.05, 3.63) is 77.7 Å².